The number of carbonyl (C=O) groups is 1. The maximum atomic E-state index is 11.9. The number of rotatable bonds is 7. The van der Waals surface area contributed by atoms with Crippen molar-refractivity contribution >= 4 is 33.3 Å². The van der Waals surface area contributed by atoms with Gasteiger partial charge in [-0.3, -0.25) is 0 Å². The summed E-state index contributed by atoms with van der Waals surface area (Å²) in [7, 11) is 2.06. The normalized spacial score (nSPS) is 10.6. The minimum Gasteiger partial charge on any atom is -0.375 e. The van der Waals surface area contributed by atoms with Crippen LogP contribution in [0.1, 0.15) is 11.4 Å². The van der Waals surface area contributed by atoms with E-state index in [-0.39, 0.29) is 6.03 Å². The van der Waals surface area contributed by atoms with Crippen LogP contribution in [0.4, 0.5) is 10.5 Å². The number of nitrogens with one attached hydrogen (secondary N) is 2. The lowest BCUT2D eigenvalue weighted by Crippen LogP contribution is -2.36. The van der Waals surface area contributed by atoms with Crippen molar-refractivity contribution in [3.63, 3.8) is 0 Å². The first-order valence-electron chi connectivity index (χ1n) is 8.35. The summed E-state index contributed by atoms with van der Waals surface area (Å²) in [6, 6.07) is 18.1. The zero-order valence-electron chi connectivity index (χ0n) is 14.2. The molecule has 3 aromatic rings. The van der Waals surface area contributed by atoms with Gasteiger partial charge in [0.1, 0.15) is 5.01 Å². The number of benzene rings is 2. The molecule has 0 saturated carbocycles. The number of hydrogen-bond donors (Lipinski definition) is 2. The molecule has 0 aliphatic heterocycles. The van der Waals surface area contributed by atoms with Crippen molar-refractivity contribution in [1.82, 2.24) is 15.6 Å². The van der Waals surface area contributed by atoms with Crippen molar-refractivity contribution in [2.75, 3.05) is 25.0 Å². The van der Waals surface area contributed by atoms with Crippen LogP contribution in [0.5, 0.6) is 0 Å². The van der Waals surface area contributed by atoms with Crippen LogP contribution in [-0.4, -0.2) is 31.2 Å². The minimum atomic E-state index is -0.151. The number of amides is 2. The molecule has 1 aromatic heterocycles. The van der Waals surface area contributed by atoms with Crippen molar-refractivity contribution in [3.05, 3.63) is 59.6 Å². The van der Waals surface area contributed by atoms with E-state index in [0.717, 1.165) is 28.2 Å². The average Bonchev–Trinajstić information content (AvgIpc) is 3.07. The molecule has 2 N–H and O–H groups in total. The fourth-order valence-corrected chi connectivity index (χ4v) is 3.45. The second-order valence-electron chi connectivity index (χ2n) is 5.80. The number of anilines is 1. The molecule has 1 heterocycles. The molecule has 0 unspecified atom stereocenters. The van der Waals surface area contributed by atoms with Crippen LogP contribution in [-0.2, 0) is 6.54 Å². The first-order valence-corrected chi connectivity index (χ1v) is 9.16. The highest BCUT2D eigenvalue weighted by Gasteiger charge is 2.05. The molecule has 130 valence electrons. The van der Waals surface area contributed by atoms with Gasteiger partial charge in [-0.05, 0) is 30.7 Å². The molecule has 0 spiro atoms. The third-order valence-corrected chi connectivity index (χ3v) is 4.93. The van der Waals surface area contributed by atoms with Gasteiger partial charge in [0.15, 0.2) is 0 Å². The predicted octanol–water partition coefficient (Wildman–Crippen LogP) is 3.62. The number of para-hydroxylation sites is 2. The Labute approximate surface area is 151 Å². The number of nitrogens with zero attached hydrogens (tertiary/aromatic N) is 2. The third kappa shape index (κ3) is 4.93. The van der Waals surface area contributed by atoms with E-state index in [1.807, 2.05) is 42.5 Å². The Morgan fingerprint density at radius 2 is 1.84 bits per heavy atom. The third-order valence-electron chi connectivity index (χ3n) is 3.89. The summed E-state index contributed by atoms with van der Waals surface area (Å²) in [5.41, 5.74) is 2.16. The van der Waals surface area contributed by atoms with Gasteiger partial charge >= 0.3 is 6.03 Å². The number of aromatic nitrogens is 1. The lowest BCUT2D eigenvalue weighted by molar-refractivity contribution is 0.240. The topological polar surface area (TPSA) is 57.3 Å². The molecule has 0 saturated heterocycles. The van der Waals surface area contributed by atoms with Gasteiger partial charge in [0.25, 0.3) is 0 Å². The van der Waals surface area contributed by atoms with Crippen molar-refractivity contribution in [2.24, 2.45) is 0 Å². The lowest BCUT2D eigenvalue weighted by atomic mass is 10.3. The summed E-state index contributed by atoms with van der Waals surface area (Å²) < 4.78 is 1.14. The molecule has 0 radical (unpaired) electrons. The molecule has 0 aliphatic carbocycles. The number of urea groups is 1. The molecule has 5 nitrogen and oxygen atoms in total. The van der Waals surface area contributed by atoms with Gasteiger partial charge in [-0.25, -0.2) is 9.78 Å². The number of fused-ring (bicyclic) bond motifs is 1. The van der Waals surface area contributed by atoms with Crippen LogP contribution in [0.25, 0.3) is 10.2 Å². The summed E-state index contributed by atoms with van der Waals surface area (Å²) in [6.07, 6.45) is 0.889. The molecule has 2 aromatic carbocycles. The molecular formula is C19H22N4OS. The van der Waals surface area contributed by atoms with Gasteiger partial charge in [0, 0.05) is 25.8 Å². The summed E-state index contributed by atoms with van der Waals surface area (Å²) in [5, 5.41) is 6.67. The van der Waals surface area contributed by atoms with E-state index in [1.54, 1.807) is 11.3 Å². The quantitative estimate of drug-likeness (QED) is 0.637. The van der Waals surface area contributed by atoms with Gasteiger partial charge in [-0.15, -0.1) is 11.3 Å². The van der Waals surface area contributed by atoms with Gasteiger partial charge in [-0.1, -0.05) is 30.3 Å². The van der Waals surface area contributed by atoms with Crippen LogP contribution in [0.15, 0.2) is 54.6 Å². The predicted molar refractivity (Wildman–Crippen MR) is 104 cm³/mol. The average molecular weight is 354 g/mol. The van der Waals surface area contributed by atoms with Crippen molar-refractivity contribution in [2.45, 2.75) is 13.0 Å². The van der Waals surface area contributed by atoms with Crippen LogP contribution < -0.4 is 15.5 Å². The molecule has 6 heteroatoms. The molecular weight excluding hydrogens is 332 g/mol. The van der Waals surface area contributed by atoms with E-state index in [0.29, 0.717) is 13.1 Å². The summed E-state index contributed by atoms with van der Waals surface area (Å²) >= 11 is 1.61. The molecule has 0 atom stereocenters. The Kier molecular flexibility index (Phi) is 5.85. The smallest absolute Gasteiger partial charge is 0.315 e. The Morgan fingerprint density at radius 1 is 1.08 bits per heavy atom. The standard InChI is InChI=1S/C19H22N4OS/c1-23(15-8-3-2-4-9-15)13-7-12-20-19(24)21-14-18-22-16-10-5-6-11-17(16)25-18/h2-6,8-11H,7,12-14H2,1H3,(H2,20,21,24). The van der Waals surface area contributed by atoms with E-state index in [2.05, 4.69) is 39.7 Å². The summed E-state index contributed by atoms with van der Waals surface area (Å²) in [4.78, 5) is 18.6. The number of carbonyl (C=O) groups excluding carboxylic acids is 1. The Balaban J connectivity index is 1.35. The number of thiazole rings is 1. The summed E-state index contributed by atoms with van der Waals surface area (Å²) in [6.45, 7) is 1.99. The Morgan fingerprint density at radius 3 is 2.64 bits per heavy atom. The Bertz CT molecular complexity index is 785. The molecule has 0 bridgehead atoms. The molecule has 3 rings (SSSR count). The first kappa shape index (κ1) is 17.2. The zero-order chi connectivity index (χ0) is 17.5. The molecule has 2 amide bonds. The highest BCUT2D eigenvalue weighted by molar-refractivity contribution is 7.18. The fraction of sp³-hybridized carbons (Fsp3) is 0.263. The first-order chi connectivity index (χ1) is 12.2. The van der Waals surface area contributed by atoms with Crippen LogP contribution in [0.3, 0.4) is 0 Å². The monoisotopic (exact) mass is 354 g/mol. The number of hydrogen-bond acceptors (Lipinski definition) is 4. The van der Waals surface area contributed by atoms with E-state index in [4.69, 9.17) is 0 Å². The SMILES string of the molecule is CN(CCCNC(=O)NCc1nc2ccccc2s1)c1ccccc1. The van der Waals surface area contributed by atoms with E-state index < -0.39 is 0 Å². The van der Waals surface area contributed by atoms with E-state index >= 15 is 0 Å². The second kappa shape index (κ2) is 8.48. The minimum absolute atomic E-state index is 0.151. The van der Waals surface area contributed by atoms with Crippen LogP contribution in [0.2, 0.25) is 0 Å². The maximum Gasteiger partial charge on any atom is 0.315 e. The fourth-order valence-electron chi connectivity index (χ4n) is 2.54. The maximum absolute atomic E-state index is 11.9. The molecule has 25 heavy (non-hydrogen) atoms. The van der Waals surface area contributed by atoms with E-state index in [9.17, 15) is 4.79 Å². The zero-order valence-corrected chi connectivity index (χ0v) is 15.1. The second-order valence-corrected chi connectivity index (χ2v) is 6.91. The van der Waals surface area contributed by atoms with Crippen molar-refractivity contribution < 1.29 is 4.79 Å². The van der Waals surface area contributed by atoms with Gasteiger partial charge in [0.05, 0.1) is 16.8 Å². The molecule has 0 fully saturated rings. The largest absolute Gasteiger partial charge is 0.375 e. The summed E-state index contributed by atoms with van der Waals surface area (Å²) in [5.74, 6) is 0. The Hall–Kier alpha value is -2.60. The van der Waals surface area contributed by atoms with Gasteiger partial charge in [0.2, 0.25) is 0 Å². The van der Waals surface area contributed by atoms with Crippen molar-refractivity contribution in [1.29, 1.82) is 0 Å². The van der Waals surface area contributed by atoms with E-state index in [1.165, 1.54) is 5.69 Å². The van der Waals surface area contributed by atoms with Gasteiger partial charge in [-0.2, -0.15) is 0 Å². The lowest BCUT2D eigenvalue weighted by Gasteiger charge is -2.19. The highest BCUT2D eigenvalue weighted by atomic mass is 32.1. The van der Waals surface area contributed by atoms with Crippen LogP contribution in [0, 0.1) is 0 Å². The van der Waals surface area contributed by atoms with Gasteiger partial charge < -0.3 is 15.5 Å². The molecule has 0 aliphatic rings. The van der Waals surface area contributed by atoms with Crippen molar-refractivity contribution in [3.8, 4) is 0 Å². The van der Waals surface area contributed by atoms with Crippen LogP contribution >= 0.6 is 11.3 Å². The highest BCUT2D eigenvalue weighted by Crippen LogP contribution is 2.21.